The van der Waals surface area contributed by atoms with E-state index in [0.717, 1.165) is 11.1 Å². The Morgan fingerprint density at radius 2 is 1.48 bits per heavy atom. The van der Waals surface area contributed by atoms with Crippen molar-refractivity contribution in [3.05, 3.63) is 54.6 Å². The van der Waals surface area contributed by atoms with Crippen molar-refractivity contribution in [1.82, 2.24) is 10.2 Å². The summed E-state index contributed by atoms with van der Waals surface area (Å²) in [6.07, 6.45) is 0. The van der Waals surface area contributed by atoms with Crippen molar-refractivity contribution in [3.8, 4) is 11.1 Å². The molecule has 3 amide bonds. The van der Waals surface area contributed by atoms with Crippen LogP contribution < -0.4 is 10.6 Å². The van der Waals surface area contributed by atoms with Gasteiger partial charge in [0, 0.05) is 18.3 Å². The van der Waals surface area contributed by atoms with Crippen molar-refractivity contribution in [2.75, 3.05) is 18.9 Å². The first kappa shape index (κ1) is 18.5. The average molecular weight is 339 g/mol. The molecule has 2 aromatic rings. The van der Waals surface area contributed by atoms with E-state index in [0.29, 0.717) is 5.69 Å². The second-order valence-electron chi connectivity index (χ2n) is 7.03. The second kappa shape index (κ2) is 7.83. The van der Waals surface area contributed by atoms with Gasteiger partial charge in [0.05, 0.1) is 0 Å². The summed E-state index contributed by atoms with van der Waals surface area (Å²) in [6, 6.07) is 17.3. The lowest BCUT2D eigenvalue weighted by atomic mass is 10.1. The molecule has 0 spiro atoms. The molecule has 0 saturated heterocycles. The highest BCUT2D eigenvalue weighted by atomic mass is 16.2. The smallest absolute Gasteiger partial charge is 0.322 e. The van der Waals surface area contributed by atoms with Gasteiger partial charge in [0.1, 0.15) is 6.54 Å². The number of benzene rings is 2. The van der Waals surface area contributed by atoms with Gasteiger partial charge in [0.15, 0.2) is 0 Å². The van der Waals surface area contributed by atoms with E-state index in [1.54, 1.807) is 7.05 Å². The summed E-state index contributed by atoms with van der Waals surface area (Å²) in [5, 5.41) is 5.63. The van der Waals surface area contributed by atoms with Gasteiger partial charge in [-0.1, -0.05) is 42.5 Å². The maximum atomic E-state index is 12.2. The number of nitrogens with zero attached hydrogens (tertiary/aromatic N) is 1. The van der Waals surface area contributed by atoms with Crippen molar-refractivity contribution >= 4 is 17.6 Å². The third-order valence-electron chi connectivity index (χ3n) is 3.49. The topological polar surface area (TPSA) is 61.4 Å². The molecule has 0 unspecified atom stereocenters. The van der Waals surface area contributed by atoms with Crippen molar-refractivity contribution in [3.63, 3.8) is 0 Å². The molecule has 0 saturated carbocycles. The highest BCUT2D eigenvalue weighted by Gasteiger charge is 2.17. The van der Waals surface area contributed by atoms with Gasteiger partial charge >= 0.3 is 6.03 Å². The van der Waals surface area contributed by atoms with Crippen molar-refractivity contribution < 1.29 is 9.59 Å². The lowest BCUT2D eigenvalue weighted by Gasteiger charge is -2.23. The van der Waals surface area contributed by atoms with E-state index in [4.69, 9.17) is 0 Å². The Balaban J connectivity index is 1.93. The average Bonchev–Trinajstić information content (AvgIpc) is 2.54. The summed E-state index contributed by atoms with van der Waals surface area (Å²) in [5.74, 6) is -0.190. The molecule has 0 aliphatic heterocycles. The van der Waals surface area contributed by atoms with E-state index >= 15 is 0 Å². The van der Waals surface area contributed by atoms with Crippen LogP contribution in [0, 0.1) is 0 Å². The van der Waals surface area contributed by atoms with Gasteiger partial charge in [0.25, 0.3) is 0 Å². The molecule has 5 nitrogen and oxygen atoms in total. The molecule has 0 atom stereocenters. The Labute approximate surface area is 149 Å². The van der Waals surface area contributed by atoms with E-state index in [1.807, 2.05) is 75.4 Å². The van der Waals surface area contributed by atoms with Crippen LogP contribution in [0.25, 0.3) is 11.1 Å². The summed E-state index contributed by atoms with van der Waals surface area (Å²) in [4.78, 5) is 25.5. The molecule has 0 bridgehead atoms. The second-order valence-corrected chi connectivity index (χ2v) is 7.03. The molecular formula is C20H25N3O2. The quantitative estimate of drug-likeness (QED) is 0.891. The number of urea groups is 1. The standard InChI is InChI=1S/C20H25N3O2/c1-20(2,3)22-18(24)14-23(4)19(25)21-17-12-10-16(11-13-17)15-8-6-5-7-9-15/h5-13H,14H2,1-4H3,(H,21,25)(H,22,24). The number of carbonyl (C=O) groups is 2. The maximum absolute atomic E-state index is 12.2. The minimum absolute atomic E-state index is 0.00516. The zero-order valence-electron chi connectivity index (χ0n) is 15.2. The van der Waals surface area contributed by atoms with Gasteiger partial charge in [-0.05, 0) is 44.0 Å². The summed E-state index contributed by atoms with van der Waals surface area (Å²) in [6.45, 7) is 5.71. The minimum atomic E-state index is -0.323. The van der Waals surface area contributed by atoms with E-state index < -0.39 is 0 Å². The first-order chi connectivity index (χ1) is 11.7. The fourth-order valence-electron chi connectivity index (χ4n) is 2.34. The summed E-state index contributed by atoms with van der Waals surface area (Å²) in [7, 11) is 1.59. The Morgan fingerprint density at radius 1 is 0.920 bits per heavy atom. The van der Waals surface area contributed by atoms with Crippen molar-refractivity contribution in [1.29, 1.82) is 0 Å². The van der Waals surface area contributed by atoms with Crippen molar-refractivity contribution in [2.24, 2.45) is 0 Å². The van der Waals surface area contributed by atoms with Crippen LogP contribution >= 0.6 is 0 Å². The van der Waals surface area contributed by atoms with E-state index in [1.165, 1.54) is 4.90 Å². The summed E-state index contributed by atoms with van der Waals surface area (Å²) in [5.41, 5.74) is 2.57. The monoisotopic (exact) mass is 339 g/mol. The highest BCUT2D eigenvalue weighted by Crippen LogP contribution is 2.21. The predicted molar refractivity (Wildman–Crippen MR) is 101 cm³/mol. The molecule has 0 aliphatic rings. The Hall–Kier alpha value is -2.82. The molecule has 2 rings (SSSR count). The summed E-state index contributed by atoms with van der Waals surface area (Å²) < 4.78 is 0. The molecule has 0 aromatic heterocycles. The zero-order chi connectivity index (χ0) is 18.4. The third kappa shape index (κ3) is 5.95. The molecule has 2 aromatic carbocycles. The van der Waals surface area contributed by atoms with Crippen LogP contribution in [0.5, 0.6) is 0 Å². The molecule has 132 valence electrons. The third-order valence-corrected chi connectivity index (χ3v) is 3.49. The van der Waals surface area contributed by atoms with Crippen LogP contribution in [-0.2, 0) is 4.79 Å². The lowest BCUT2D eigenvalue weighted by Crippen LogP contribution is -2.47. The Kier molecular flexibility index (Phi) is 5.80. The van der Waals surface area contributed by atoms with E-state index in [-0.39, 0.29) is 24.0 Å². The first-order valence-electron chi connectivity index (χ1n) is 8.23. The molecular weight excluding hydrogens is 314 g/mol. The molecule has 5 heteroatoms. The number of nitrogens with one attached hydrogen (secondary N) is 2. The van der Waals surface area contributed by atoms with Crippen LogP contribution in [0.4, 0.5) is 10.5 Å². The first-order valence-corrected chi connectivity index (χ1v) is 8.23. The van der Waals surface area contributed by atoms with Gasteiger partial charge < -0.3 is 15.5 Å². The predicted octanol–water partition coefficient (Wildman–Crippen LogP) is 3.73. The number of anilines is 1. The Bertz CT molecular complexity index is 719. The van der Waals surface area contributed by atoms with Crippen LogP contribution in [0.3, 0.4) is 0 Å². The van der Waals surface area contributed by atoms with Gasteiger partial charge in [-0.3, -0.25) is 4.79 Å². The zero-order valence-corrected chi connectivity index (χ0v) is 15.2. The van der Waals surface area contributed by atoms with Crippen LogP contribution in [0.1, 0.15) is 20.8 Å². The molecule has 0 aliphatic carbocycles. The SMILES string of the molecule is CN(CC(=O)NC(C)(C)C)C(=O)Nc1ccc(-c2ccccc2)cc1. The highest BCUT2D eigenvalue weighted by molar-refractivity contribution is 5.92. The van der Waals surface area contributed by atoms with E-state index in [9.17, 15) is 9.59 Å². The Morgan fingerprint density at radius 3 is 2.04 bits per heavy atom. The van der Waals surface area contributed by atoms with Crippen LogP contribution in [0.2, 0.25) is 0 Å². The molecule has 0 heterocycles. The normalized spacial score (nSPS) is 10.9. The molecule has 2 N–H and O–H groups in total. The van der Waals surface area contributed by atoms with Gasteiger partial charge in [0.2, 0.25) is 5.91 Å². The number of carbonyl (C=O) groups excluding carboxylic acids is 2. The fraction of sp³-hybridized carbons (Fsp3) is 0.300. The van der Waals surface area contributed by atoms with Crippen LogP contribution in [-0.4, -0.2) is 36.0 Å². The molecule has 25 heavy (non-hydrogen) atoms. The summed E-state index contributed by atoms with van der Waals surface area (Å²) >= 11 is 0. The molecule has 0 fully saturated rings. The van der Waals surface area contributed by atoms with Gasteiger partial charge in [-0.15, -0.1) is 0 Å². The number of amides is 3. The largest absolute Gasteiger partial charge is 0.350 e. The van der Waals surface area contributed by atoms with E-state index in [2.05, 4.69) is 10.6 Å². The number of hydrogen-bond acceptors (Lipinski definition) is 2. The minimum Gasteiger partial charge on any atom is -0.350 e. The van der Waals surface area contributed by atoms with Gasteiger partial charge in [-0.25, -0.2) is 4.79 Å². The van der Waals surface area contributed by atoms with Crippen molar-refractivity contribution in [2.45, 2.75) is 26.3 Å². The molecule has 0 radical (unpaired) electrons. The van der Waals surface area contributed by atoms with Crippen LogP contribution in [0.15, 0.2) is 54.6 Å². The lowest BCUT2D eigenvalue weighted by molar-refractivity contribution is -0.122. The maximum Gasteiger partial charge on any atom is 0.322 e. The fourth-order valence-corrected chi connectivity index (χ4v) is 2.34. The number of hydrogen-bond donors (Lipinski definition) is 2. The number of likely N-dealkylation sites (N-methyl/N-ethyl adjacent to an activating group) is 1. The number of rotatable bonds is 4. The van der Waals surface area contributed by atoms with Gasteiger partial charge in [-0.2, -0.15) is 0 Å².